The van der Waals surface area contributed by atoms with Gasteiger partial charge in [-0.1, -0.05) is 6.92 Å². The number of nitrogens with one attached hydrogen (secondary N) is 1. The van der Waals surface area contributed by atoms with Gasteiger partial charge in [-0.2, -0.15) is 0 Å². The third-order valence-electron chi connectivity index (χ3n) is 3.10. The number of amides is 2. The number of urea groups is 1. The Hall–Kier alpha value is -1.30. The molecular weight excluding hydrogens is 222 g/mol. The number of rotatable bonds is 3. The number of hydrogen-bond acceptors (Lipinski definition) is 3. The van der Waals surface area contributed by atoms with Crippen LogP contribution in [0.15, 0.2) is 0 Å². The van der Waals surface area contributed by atoms with E-state index >= 15 is 0 Å². The van der Waals surface area contributed by atoms with Gasteiger partial charge in [-0.25, -0.2) is 9.59 Å². The fraction of sp³-hybridized carbons (Fsp3) is 0.818. The van der Waals surface area contributed by atoms with E-state index in [2.05, 4.69) is 10.2 Å². The van der Waals surface area contributed by atoms with Crippen LogP contribution in [0.25, 0.3) is 0 Å². The van der Waals surface area contributed by atoms with Gasteiger partial charge in [0.25, 0.3) is 0 Å². The fourth-order valence-corrected chi connectivity index (χ4v) is 2.01. The Morgan fingerprint density at radius 2 is 2.12 bits per heavy atom. The molecule has 98 valence electrons. The molecule has 1 rings (SSSR count). The predicted octanol–water partition coefficient (Wildman–Crippen LogP) is 0.195. The molecule has 1 heterocycles. The van der Waals surface area contributed by atoms with Gasteiger partial charge in [0.2, 0.25) is 0 Å². The third-order valence-corrected chi connectivity index (χ3v) is 3.10. The first-order valence-electron chi connectivity index (χ1n) is 5.94. The minimum Gasteiger partial charge on any atom is -0.480 e. The van der Waals surface area contributed by atoms with E-state index in [1.54, 1.807) is 11.8 Å². The number of aliphatic carboxylic acids is 1. The van der Waals surface area contributed by atoms with Gasteiger partial charge in [0.1, 0.15) is 6.04 Å². The van der Waals surface area contributed by atoms with Crippen LogP contribution in [0.5, 0.6) is 0 Å². The molecule has 1 aliphatic rings. The molecule has 1 saturated heterocycles. The van der Waals surface area contributed by atoms with Crippen molar-refractivity contribution >= 4 is 12.0 Å². The summed E-state index contributed by atoms with van der Waals surface area (Å²) >= 11 is 0. The molecule has 1 aliphatic heterocycles. The van der Waals surface area contributed by atoms with Crippen molar-refractivity contribution in [3.05, 3.63) is 0 Å². The molecule has 17 heavy (non-hydrogen) atoms. The van der Waals surface area contributed by atoms with Gasteiger partial charge in [0.15, 0.2) is 0 Å². The molecule has 2 N–H and O–H groups in total. The summed E-state index contributed by atoms with van der Waals surface area (Å²) < 4.78 is 0. The number of carboxylic acid groups (broad SMARTS) is 1. The van der Waals surface area contributed by atoms with Crippen LogP contribution in [0.3, 0.4) is 0 Å². The Kier molecular flexibility index (Phi) is 4.74. The lowest BCUT2D eigenvalue weighted by Gasteiger charge is -2.38. The first-order valence-corrected chi connectivity index (χ1v) is 5.94. The van der Waals surface area contributed by atoms with Gasteiger partial charge in [0.05, 0.1) is 0 Å². The molecule has 0 aromatic rings. The molecular formula is C11H21N3O3. The first-order chi connectivity index (χ1) is 7.95. The molecule has 6 nitrogen and oxygen atoms in total. The summed E-state index contributed by atoms with van der Waals surface area (Å²) in [5.41, 5.74) is 0. The molecule has 1 fully saturated rings. The van der Waals surface area contributed by atoms with Crippen molar-refractivity contribution < 1.29 is 14.7 Å². The van der Waals surface area contributed by atoms with Crippen molar-refractivity contribution in [2.75, 3.05) is 26.7 Å². The van der Waals surface area contributed by atoms with Crippen molar-refractivity contribution in [2.24, 2.45) is 0 Å². The van der Waals surface area contributed by atoms with Gasteiger partial charge >= 0.3 is 12.0 Å². The molecule has 0 spiro atoms. The summed E-state index contributed by atoms with van der Waals surface area (Å²) in [6.07, 6.45) is 0.392. The highest BCUT2D eigenvalue weighted by molar-refractivity contribution is 5.82. The topological polar surface area (TPSA) is 72.9 Å². The lowest BCUT2D eigenvalue weighted by atomic mass is 10.2. The van der Waals surface area contributed by atoms with Crippen LogP contribution in [0, 0.1) is 0 Å². The van der Waals surface area contributed by atoms with Crippen molar-refractivity contribution in [1.82, 2.24) is 15.1 Å². The zero-order valence-corrected chi connectivity index (χ0v) is 10.6. The fourth-order valence-electron chi connectivity index (χ4n) is 2.01. The average molecular weight is 243 g/mol. The summed E-state index contributed by atoms with van der Waals surface area (Å²) in [7, 11) is 2.01. The first kappa shape index (κ1) is 13.8. The highest BCUT2D eigenvalue weighted by Gasteiger charge is 2.28. The van der Waals surface area contributed by atoms with E-state index < -0.39 is 12.0 Å². The summed E-state index contributed by atoms with van der Waals surface area (Å²) in [4.78, 5) is 26.6. The molecule has 0 radical (unpaired) electrons. The average Bonchev–Trinajstić information content (AvgIpc) is 2.24. The van der Waals surface area contributed by atoms with Gasteiger partial charge in [-0.3, -0.25) is 0 Å². The Labute approximate surface area is 102 Å². The zero-order chi connectivity index (χ0) is 13.0. The number of nitrogens with zero attached hydrogens (tertiary/aromatic N) is 2. The Balaban J connectivity index is 2.55. The second-order valence-corrected chi connectivity index (χ2v) is 4.55. The second kappa shape index (κ2) is 5.86. The van der Waals surface area contributed by atoms with E-state index in [1.807, 2.05) is 14.0 Å². The van der Waals surface area contributed by atoms with Gasteiger partial charge < -0.3 is 20.2 Å². The van der Waals surface area contributed by atoms with Gasteiger partial charge in [-0.15, -0.1) is 0 Å². The highest BCUT2D eigenvalue weighted by atomic mass is 16.4. The van der Waals surface area contributed by atoms with Crippen molar-refractivity contribution in [2.45, 2.75) is 32.4 Å². The lowest BCUT2D eigenvalue weighted by molar-refractivity contribution is -0.139. The highest BCUT2D eigenvalue weighted by Crippen LogP contribution is 2.08. The van der Waals surface area contributed by atoms with E-state index in [0.29, 0.717) is 13.0 Å². The smallest absolute Gasteiger partial charge is 0.326 e. The van der Waals surface area contributed by atoms with Crippen LogP contribution < -0.4 is 5.32 Å². The molecule has 0 aromatic carbocycles. The van der Waals surface area contributed by atoms with Crippen LogP contribution in [-0.2, 0) is 4.79 Å². The maximum absolute atomic E-state index is 11.9. The molecule has 0 aliphatic carbocycles. The standard InChI is InChI=1S/C11H21N3O3/c1-4-9(10(15)16)12-11(17)14-6-5-13(3)7-8(14)2/h8-9H,4-7H2,1-3H3,(H,12,17)(H,15,16). The summed E-state index contributed by atoms with van der Waals surface area (Å²) in [6, 6.07) is -0.964. The quantitative estimate of drug-likeness (QED) is 0.742. The van der Waals surface area contributed by atoms with Crippen molar-refractivity contribution in [3.63, 3.8) is 0 Å². The number of likely N-dealkylation sites (N-methyl/N-ethyl adjacent to an activating group) is 1. The van der Waals surface area contributed by atoms with E-state index in [9.17, 15) is 9.59 Å². The largest absolute Gasteiger partial charge is 0.480 e. The number of carbonyl (C=O) groups is 2. The molecule has 2 atom stereocenters. The van der Waals surface area contributed by atoms with E-state index in [0.717, 1.165) is 13.1 Å². The Morgan fingerprint density at radius 3 is 2.59 bits per heavy atom. The minimum atomic E-state index is -0.984. The molecule has 0 aromatic heterocycles. The second-order valence-electron chi connectivity index (χ2n) is 4.55. The molecule has 0 saturated carbocycles. The maximum Gasteiger partial charge on any atom is 0.326 e. The summed E-state index contributed by atoms with van der Waals surface area (Å²) in [5.74, 6) is -0.984. The zero-order valence-electron chi connectivity index (χ0n) is 10.6. The lowest BCUT2D eigenvalue weighted by Crippen LogP contribution is -2.57. The van der Waals surface area contributed by atoms with E-state index in [1.165, 1.54) is 0 Å². The van der Waals surface area contributed by atoms with E-state index in [4.69, 9.17) is 5.11 Å². The normalized spacial score (nSPS) is 23.2. The van der Waals surface area contributed by atoms with Crippen LogP contribution in [0.1, 0.15) is 20.3 Å². The van der Waals surface area contributed by atoms with Crippen molar-refractivity contribution in [3.8, 4) is 0 Å². The van der Waals surface area contributed by atoms with Crippen LogP contribution in [0.4, 0.5) is 4.79 Å². The minimum absolute atomic E-state index is 0.111. The monoisotopic (exact) mass is 243 g/mol. The maximum atomic E-state index is 11.9. The van der Waals surface area contributed by atoms with Gasteiger partial charge in [-0.05, 0) is 20.4 Å². The number of carboxylic acids is 1. The third kappa shape index (κ3) is 3.59. The molecule has 2 unspecified atom stereocenters. The molecule has 2 amide bonds. The number of piperazine rings is 1. The number of carbonyl (C=O) groups excluding carboxylic acids is 1. The van der Waals surface area contributed by atoms with Gasteiger partial charge in [0, 0.05) is 25.7 Å². The number of hydrogen-bond donors (Lipinski definition) is 2. The van der Waals surface area contributed by atoms with E-state index in [-0.39, 0.29) is 12.1 Å². The molecule has 0 bridgehead atoms. The summed E-state index contributed by atoms with van der Waals surface area (Å²) in [6.45, 7) is 5.99. The van der Waals surface area contributed by atoms with Crippen LogP contribution >= 0.6 is 0 Å². The SMILES string of the molecule is CCC(NC(=O)N1CCN(C)CC1C)C(=O)O. The molecule has 6 heteroatoms. The predicted molar refractivity (Wildman–Crippen MR) is 63.9 cm³/mol. The van der Waals surface area contributed by atoms with Crippen molar-refractivity contribution in [1.29, 1.82) is 0 Å². The Bertz CT molecular complexity index is 296. The van der Waals surface area contributed by atoms with Crippen LogP contribution in [0.2, 0.25) is 0 Å². The Morgan fingerprint density at radius 1 is 1.47 bits per heavy atom. The summed E-state index contributed by atoms with van der Waals surface area (Å²) in [5, 5.41) is 11.4. The van der Waals surface area contributed by atoms with Crippen LogP contribution in [-0.4, -0.2) is 65.7 Å².